The Morgan fingerprint density at radius 1 is 0.917 bits per heavy atom. The summed E-state index contributed by atoms with van der Waals surface area (Å²) in [6.07, 6.45) is 6.57. The van der Waals surface area contributed by atoms with E-state index in [1.165, 1.54) is 5.56 Å². The van der Waals surface area contributed by atoms with Crippen molar-refractivity contribution >= 4 is 17.5 Å². The number of carbonyl (C=O) groups is 1. The van der Waals surface area contributed by atoms with Gasteiger partial charge in [-0.05, 0) is 29.8 Å². The molecule has 180 valence electrons. The van der Waals surface area contributed by atoms with Gasteiger partial charge in [-0.15, -0.1) is 0 Å². The molecule has 0 radical (unpaired) electrons. The van der Waals surface area contributed by atoms with Gasteiger partial charge < -0.3 is 9.88 Å². The third-order valence-corrected chi connectivity index (χ3v) is 6.20. The van der Waals surface area contributed by atoms with Crippen LogP contribution in [0.25, 0.3) is 16.9 Å². The van der Waals surface area contributed by atoms with Gasteiger partial charge in [0.15, 0.2) is 0 Å². The van der Waals surface area contributed by atoms with Gasteiger partial charge >= 0.3 is 0 Å². The molecule has 5 aromatic rings. The monoisotopic (exact) mass is 495 g/mol. The third kappa shape index (κ3) is 5.73. The van der Waals surface area contributed by atoms with E-state index in [4.69, 9.17) is 16.7 Å². The summed E-state index contributed by atoms with van der Waals surface area (Å²) in [5, 5.41) is 8.49. The van der Waals surface area contributed by atoms with Crippen LogP contribution in [0.5, 0.6) is 0 Å². The van der Waals surface area contributed by atoms with Crippen molar-refractivity contribution in [2.24, 2.45) is 0 Å². The Kier molecular flexibility index (Phi) is 7.24. The van der Waals surface area contributed by atoms with E-state index in [0.29, 0.717) is 18.0 Å². The largest absolute Gasteiger partial charge is 0.355 e. The number of imidazole rings is 1. The van der Waals surface area contributed by atoms with Gasteiger partial charge in [-0.25, -0.2) is 9.67 Å². The number of hydrogen-bond donors (Lipinski definition) is 1. The van der Waals surface area contributed by atoms with Crippen LogP contribution < -0.4 is 5.32 Å². The molecule has 3 aromatic carbocycles. The molecule has 0 bridgehead atoms. The smallest absolute Gasteiger partial charge is 0.224 e. The molecular formula is C29H26ClN5O. The van der Waals surface area contributed by atoms with E-state index in [1.807, 2.05) is 89.9 Å². The second kappa shape index (κ2) is 11.1. The van der Waals surface area contributed by atoms with Crippen molar-refractivity contribution in [2.45, 2.75) is 19.4 Å². The van der Waals surface area contributed by atoms with Crippen LogP contribution in [0.4, 0.5) is 0 Å². The highest BCUT2D eigenvalue weighted by atomic mass is 35.5. The molecule has 5 rings (SSSR count). The first-order valence-corrected chi connectivity index (χ1v) is 12.2. The normalized spacial score (nSPS) is 10.9. The van der Waals surface area contributed by atoms with Crippen molar-refractivity contribution in [2.75, 3.05) is 6.54 Å². The van der Waals surface area contributed by atoms with Crippen LogP contribution in [-0.2, 0) is 24.2 Å². The zero-order valence-electron chi connectivity index (χ0n) is 19.7. The van der Waals surface area contributed by atoms with E-state index >= 15 is 0 Å². The van der Waals surface area contributed by atoms with E-state index in [0.717, 1.165) is 34.9 Å². The number of hydrogen-bond acceptors (Lipinski definition) is 3. The zero-order valence-corrected chi connectivity index (χ0v) is 20.5. The van der Waals surface area contributed by atoms with Crippen LogP contribution in [0.1, 0.15) is 17.0 Å². The lowest BCUT2D eigenvalue weighted by atomic mass is 10.1. The fraction of sp³-hybridized carbons (Fsp3) is 0.138. The van der Waals surface area contributed by atoms with Crippen LogP contribution in [0, 0.1) is 0 Å². The van der Waals surface area contributed by atoms with Gasteiger partial charge in [-0.1, -0.05) is 72.3 Å². The molecule has 2 heterocycles. The summed E-state index contributed by atoms with van der Waals surface area (Å²) >= 11 is 6.08. The quantitative estimate of drug-likeness (QED) is 0.300. The lowest BCUT2D eigenvalue weighted by Crippen LogP contribution is -2.28. The maximum Gasteiger partial charge on any atom is 0.224 e. The first-order valence-electron chi connectivity index (χ1n) is 11.9. The predicted molar refractivity (Wildman–Crippen MR) is 142 cm³/mol. The maximum absolute atomic E-state index is 12.9. The molecule has 0 aliphatic rings. The van der Waals surface area contributed by atoms with Crippen LogP contribution in [0.3, 0.4) is 0 Å². The molecule has 0 unspecified atom stereocenters. The molecule has 1 amide bonds. The van der Waals surface area contributed by atoms with Gasteiger partial charge in [-0.3, -0.25) is 4.79 Å². The zero-order chi connectivity index (χ0) is 24.7. The number of benzene rings is 3. The van der Waals surface area contributed by atoms with Crippen molar-refractivity contribution in [1.82, 2.24) is 24.6 Å². The predicted octanol–water partition coefficient (Wildman–Crippen LogP) is 5.34. The molecule has 0 aliphatic heterocycles. The summed E-state index contributed by atoms with van der Waals surface area (Å²) < 4.78 is 3.93. The maximum atomic E-state index is 12.9. The molecule has 0 saturated heterocycles. The average Bonchev–Trinajstić information content (AvgIpc) is 3.53. The molecule has 2 aromatic heterocycles. The van der Waals surface area contributed by atoms with Gasteiger partial charge in [0, 0.05) is 54.3 Å². The summed E-state index contributed by atoms with van der Waals surface area (Å²) in [6, 6.07) is 27.7. The minimum absolute atomic E-state index is 0.0565. The number of halogens is 1. The topological polar surface area (TPSA) is 64.7 Å². The van der Waals surface area contributed by atoms with Crippen molar-refractivity contribution < 1.29 is 4.79 Å². The number of rotatable bonds is 9. The summed E-state index contributed by atoms with van der Waals surface area (Å²) in [5.74, 6) is 0.886. The highest BCUT2D eigenvalue weighted by molar-refractivity contribution is 6.30. The van der Waals surface area contributed by atoms with Crippen molar-refractivity contribution in [3.63, 3.8) is 0 Å². The number of amides is 1. The lowest BCUT2D eigenvalue weighted by molar-refractivity contribution is -0.120. The number of carbonyl (C=O) groups excluding carboxylic acids is 1. The lowest BCUT2D eigenvalue weighted by Gasteiger charge is -2.09. The van der Waals surface area contributed by atoms with E-state index in [-0.39, 0.29) is 12.3 Å². The molecule has 6 nitrogen and oxygen atoms in total. The Morgan fingerprint density at radius 2 is 1.64 bits per heavy atom. The number of nitrogens with zero attached hydrogens (tertiary/aromatic N) is 4. The molecule has 1 N–H and O–H groups in total. The second-order valence-electron chi connectivity index (χ2n) is 8.52. The first-order chi connectivity index (χ1) is 17.7. The van der Waals surface area contributed by atoms with E-state index in [9.17, 15) is 4.79 Å². The highest BCUT2D eigenvalue weighted by Gasteiger charge is 2.16. The van der Waals surface area contributed by atoms with E-state index in [2.05, 4.69) is 27.0 Å². The SMILES string of the molecule is O=C(Cc1cn(-c2ccccc2)nc1-c1ccc(Cl)cc1)NCCc1nccn1Cc1ccccc1. The Labute approximate surface area is 215 Å². The Hall–Kier alpha value is -4.16. The minimum atomic E-state index is -0.0565. The molecular weight excluding hydrogens is 470 g/mol. The molecule has 7 heteroatoms. The van der Waals surface area contributed by atoms with Crippen molar-refractivity contribution in [3.8, 4) is 16.9 Å². The summed E-state index contributed by atoms with van der Waals surface area (Å²) in [6.45, 7) is 1.26. The fourth-order valence-electron chi connectivity index (χ4n) is 4.14. The number of para-hydroxylation sites is 1. The van der Waals surface area contributed by atoms with Crippen LogP contribution >= 0.6 is 11.6 Å². The Bertz CT molecular complexity index is 1430. The minimum Gasteiger partial charge on any atom is -0.355 e. The molecule has 0 fully saturated rings. The van der Waals surface area contributed by atoms with E-state index in [1.54, 1.807) is 6.20 Å². The van der Waals surface area contributed by atoms with Gasteiger partial charge in [0.25, 0.3) is 0 Å². The number of nitrogens with one attached hydrogen (secondary N) is 1. The van der Waals surface area contributed by atoms with Crippen molar-refractivity contribution in [3.05, 3.63) is 125 Å². The number of aromatic nitrogens is 4. The summed E-state index contributed by atoms with van der Waals surface area (Å²) in [7, 11) is 0. The second-order valence-corrected chi connectivity index (χ2v) is 8.96. The van der Waals surface area contributed by atoms with Crippen LogP contribution in [0.2, 0.25) is 5.02 Å². The van der Waals surface area contributed by atoms with Crippen molar-refractivity contribution in [1.29, 1.82) is 0 Å². The van der Waals surface area contributed by atoms with Gasteiger partial charge in [0.2, 0.25) is 5.91 Å². The van der Waals surface area contributed by atoms with Gasteiger partial charge in [0.05, 0.1) is 17.8 Å². The molecule has 0 saturated carbocycles. The Morgan fingerprint density at radius 3 is 2.39 bits per heavy atom. The Balaban J connectivity index is 1.26. The third-order valence-electron chi connectivity index (χ3n) is 5.95. The molecule has 36 heavy (non-hydrogen) atoms. The van der Waals surface area contributed by atoms with Crippen LogP contribution in [0.15, 0.2) is 104 Å². The first kappa shape index (κ1) is 23.6. The summed E-state index contributed by atoms with van der Waals surface area (Å²) in [4.78, 5) is 17.4. The standard InChI is InChI=1S/C29H26ClN5O/c30-25-13-11-23(12-14-25)29-24(21-35(33-29)26-9-5-2-6-10-26)19-28(36)32-16-15-27-31-17-18-34(27)20-22-7-3-1-4-8-22/h1-14,17-18,21H,15-16,19-20H2,(H,32,36). The van der Waals surface area contributed by atoms with Gasteiger partial charge in [-0.2, -0.15) is 5.10 Å². The van der Waals surface area contributed by atoms with E-state index < -0.39 is 0 Å². The molecule has 0 atom stereocenters. The molecule has 0 spiro atoms. The average molecular weight is 496 g/mol. The fourth-order valence-corrected chi connectivity index (χ4v) is 4.27. The van der Waals surface area contributed by atoms with Gasteiger partial charge in [0.1, 0.15) is 5.82 Å². The summed E-state index contributed by atoms with van der Waals surface area (Å²) in [5.41, 5.74) is 4.68. The van der Waals surface area contributed by atoms with Crippen LogP contribution in [-0.4, -0.2) is 31.8 Å². The highest BCUT2D eigenvalue weighted by Crippen LogP contribution is 2.25. The molecule has 0 aliphatic carbocycles.